The van der Waals surface area contributed by atoms with Gasteiger partial charge in [0.2, 0.25) is 0 Å². The Hall–Kier alpha value is -4.03. The molecule has 7 rings (SSSR count). The van der Waals surface area contributed by atoms with Crippen molar-refractivity contribution in [1.82, 2.24) is 29.5 Å². The minimum Gasteiger partial charge on any atom is -0.461 e. The second kappa shape index (κ2) is 13.5. The maximum atomic E-state index is 14.6. The van der Waals surface area contributed by atoms with Gasteiger partial charge in [0.05, 0.1) is 29.0 Å². The van der Waals surface area contributed by atoms with Crippen LogP contribution in [0.1, 0.15) is 87.6 Å². The SMILES string of the molecule is CC#Cc1cc(N)cc(C2Cc3nc(OC[C@@]45CCCN4C[C@H](F)C5)nc(N4CCCn5nc(C(=O)N(C)C)c(C)c5C4)c3CS2)c1C(F)(F)F. The molecule has 0 radical (unpaired) electrons. The molecule has 2 saturated heterocycles. The quantitative estimate of drug-likeness (QED) is 0.199. The van der Waals surface area contributed by atoms with Gasteiger partial charge in [0, 0.05) is 80.0 Å². The summed E-state index contributed by atoms with van der Waals surface area (Å²) in [5, 5.41) is 4.06. The molecule has 3 aromatic rings. The molecule has 2 N–H and O–H groups in total. The number of aromatic nitrogens is 4. The fourth-order valence-corrected chi connectivity index (χ4v) is 9.44. The highest BCUT2D eigenvalue weighted by Crippen LogP contribution is 2.48. The maximum absolute atomic E-state index is 14.6. The van der Waals surface area contributed by atoms with Crippen molar-refractivity contribution in [1.29, 1.82) is 0 Å². The van der Waals surface area contributed by atoms with Gasteiger partial charge in [0.25, 0.3) is 5.91 Å². The van der Waals surface area contributed by atoms with E-state index in [4.69, 9.17) is 20.4 Å². The minimum absolute atomic E-state index is 0.0753. The van der Waals surface area contributed by atoms with Crippen molar-refractivity contribution in [3.63, 3.8) is 0 Å². The lowest BCUT2D eigenvalue weighted by Crippen LogP contribution is -2.43. The number of amides is 1. The lowest BCUT2D eigenvalue weighted by Gasteiger charge is -2.33. The van der Waals surface area contributed by atoms with E-state index >= 15 is 0 Å². The number of alkyl halides is 4. The van der Waals surface area contributed by atoms with Crippen LogP contribution in [0.2, 0.25) is 0 Å². The monoisotopic (exact) mass is 726 g/mol. The van der Waals surface area contributed by atoms with Gasteiger partial charge in [-0.05, 0) is 57.4 Å². The van der Waals surface area contributed by atoms with E-state index in [9.17, 15) is 22.4 Å². The van der Waals surface area contributed by atoms with Crippen LogP contribution in [0, 0.1) is 18.8 Å². The number of benzene rings is 1. The Bertz CT molecular complexity index is 1920. The molecule has 0 bridgehead atoms. The van der Waals surface area contributed by atoms with Gasteiger partial charge in [0.1, 0.15) is 18.6 Å². The molecule has 1 unspecified atom stereocenters. The van der Waals surface area contributed by atoms with Crippen molar-refractivity contribution < 1.29 is 27.1 Å². The van der Waals surface area contributed by atoms with Gasteiger partial charge >= 0.3 is 12.2 Å². The third kappa shape index (κ3) is 6.61. The van der Waals surface area contributed by atoms with Crippen LogP contribution in [-0.4, -0.2) is 87.5 Å². The second-order valence-electron chi connectivity index (χ2n) is 14.1. The number of ether oxygens (including phenoxy) is 1. The summed E-state index contributed by atoms with van der Waals surface area (Å²) < 4.78 is 66.7. The van der Waals surface area contributed by atoms with Gasteiger partial charge in [-0.3, -0.25) is 14.4 Å². The average molecular weight is 727 g/mol. The zero-order valence-electron chi connectivity index (χ0n) is 29.2. The minimum atomic E-state index is -4.64. The number of nitrogen functional groups attached to an aromatic ring is 1. The Morgan fingerprint density at radius 1 is 1.20 bits per heavy atom. The fourth-order valence-electron chi connectivity index (χ4n) is 8.13. The molecule has 2 fully saturated rings. The van der Waals surface area contributed by atoms with Crippen molar-refractivity contribution in [3.8, 4) is 17.9 Å². The molecular weight excluding hydrogens is 685 g/mol. The van der Waals surface area contributed by atoms with E-state index in [-0.39, 0.29) is 41.8 Å². The Morgan fingerprint density at radius 3 is 2.75 bits per heavy atom. The lowest BCUT2D eigenvalue weighted by molar-refractivity contribution is -0.138. The first-order valence-corrected chi connectivity index (χ1v) is 18.3. The van der Waals surface area contributed by atoms with Crippen LogP contribution < -0.4 is 15.4 Å². The number of anilines is 2. The fraction of sp³-hybridized carbons (Fsp3) is 0.556. The summed E-state index contributed by atoms with van der Waals surface area (Å²) >= 11 is 1.39. The Labute approximate surface area is 299 Å². The summed E-state index contributed by atoms with van der Waals surface area (Å²) in [6.45, 7) is 6.47. The van der Waals surface area contributed by atoms with Crippen molar-refractivity contribution in [2.45, 2.75) is 87.9 Å². The first-order valence-electron chi connectivity index (χ1n) is 17.3. The highest BCUT2D eigenvalue weighted by molar-refractivity contribution is 7.98. The molecule has 0 aliphatic carbocycles. The van der Waals surface area contributed by atoms with Crippen LogP contribution in [0.3, 0.4) is 0 Å². The Kier molecular flexibility index (Phi) is 9.37. The summed E-state index contributed by atoms with van der Waals surface area (Å²) in [7, 11) is 3.39. The summed E-state index contributed by atoms with van der Waals surface area (Å²) in [5.41, 5.74) is 8.60. The van der Waals surface area contributed by atoms with Gasteiger partial charge in [-0.15, -0.1) is 17.7 Å². The highest BCUT2D eigenvalue weighted by atomic mass is 32.2. The number of nitrogens with zero attached hydrogens (tertiary/aromatic N) is 7. The van der Waals surface area contributed by atoms with Gasteiger partial charge in [0.15, 0.2) is 5.69 Å². The predicted octanol–water partition coefficient (Wildman–Crippen LogP) is 5.55. The second-order valence-corrected chi connectivity index (χ2v) is 15.3. The van der Waals surface area contributed by atoms with E-state index in [0.29, 0.717) is 55.6 Å². The van der Waals surface area contributed by atoms with Crippen molar-refractivity contribution in [2.75, 3.05) is 51.0 Å². The van der Waals surface area contributed by atoms with Crippen LogP contribution in [0.5, 0.6) is 6.01 Å². The molecule has 6 heterocycles. The molecule has 1 amide bonds. The zero-order chi connectivity index (χ0) is 36.2. The van der Waals surface area contributed by atoms with Gasteiger partial charge in [-0.2, -0.15) is 28.2 Å². The van der Waals surface area contributed by atoms with Gasteiger partial charge in [-0.1, -0.05) is 5.92 Å². The van der Waals surface area contributed by atoms with E-state index in [1.165, 1.54) is 35.7 Å². The van der Waals surface area contributed by atoms with Crippen LogP contribution in [0.15, 0.2) is 12.1 Å². The standard InChI is InChI=1S/C36H42F4N8O2S/c1-5-8-22-13-24(41)14-25(30(22)36(38,39)40)29-15-27-26(19-51-29)32(43-34(42-27)50-20-35-9-6-11-47(35)17-23(37)16-35)46-10-7-12-48-28(18-46)21(2)31(44-48)33(49)45(3)4/h13-14,23,29H,6-7,9-12,15-20,41H2,1-4H3/t23-,29?,35+/m1/s1. The number of nitrogens with two attached hydrogens (primary N) is 1. The highest BCUT2D eigenvalue weighted by Gasteiger charge is 2.49. The third-order valence-corrected chi connectivity index (χ3v) is 11.8. The molecule has 272 valence electrons. The predicted molar refractivity (Wildman–Crippen MR) is 187 cm³/mol. The third-order valence-electron chi connectivity index (χ3n) is 10.5. The van der Waals surface area contributed by atoms with Crippen molar-refractivity contribution in [3.05, 3.63) is 57.0 Å². The molecular formula is C36H42F4N8O2S. The molecule has 10 nitrogen and oxygen atoms in total. The first-order chi connectivity index (χ1) is 24.3. The molecule has 1 aromatic carbocycles. The van der Waals surface area contributed by atoms with E-state index in [2.05, 4.69) is 26.7 Å². The smallest absolute Gasteiger partial charge is 0.417 e. The molecule has 2 aromatic heterocycles. The van der Waals surface area contributed by atoms with E-state index in [0.717, 1.165) is 42.6 Å². The summed E-state index contributed by atoms with van der Waals surface area (Å²) in [4.78, 5) is 28.5. The first kappa shape index (κ1) is 35.4. The number of carbonyl (C=O) groups is 1. The van der Waals surface area contributed by atoms with Gasteiger partial charge in [-0.25, -0.2) is 4.39 Å². The Balaban J connectivity index is 1.28. The maximum Gasteiger partial charge on any atom is 0.417 e. The summed E-state index contributed by atoms with van der Waals surface area (Å²) in [6.07, 6.45) is -2.51. The van der Waals surface area contributed by atoms with Gasteiger partial charge < -0.3 is 20.3 Å². The topological polar surface area (TPSA) is 106 Å². The number of hydrogen-bond acceptors (Lipinski definition) is 9. The molecule has 15 heteroatoms. The number of aryl methyl sites for hydroxylation is 1. The van der Waals surface area contributed by atoms with Crippen molar-refractivity contribution >= 4 is 29.2 Å². The molecule has 0 saturated carbocycles. The molecule has 3 atom stereocenters. The summed E-state index contributed by atoms with van der Waals surface area (Å²) in [5.74, 6) is 6.03. The number of halogens is 4. The average Bonchev–Trinajstić information content (AvgIpc) is 3.64. The van der Waals surface area contributed by atoms with Crippen molar-refractivity contribution in [2.24, 2.45) is 0 Å². The lowest BCUT2D eigenvalue weighted by atomic mass is 9.94. The normalized spacial score (nSPS) is 23.2. The number of rotatable bonds is 6. The van der Waals surface area contributed by atoms with E-state index < -0.39 is 28.7 Å². The molecule has 0 spiro atoms. The number of thioether (sulfide) groups is 1. The molecule has 51 heavy (non-hydrogen) atoms. The zero-order valence-corrected chi connectivity index (χ0v) is 30.1. The van der Waals surface area contributed by atoms with E-state index in [1.54, 1.807) is 14.1 Å². The number of carbonyl (C=O) groups excluding carboxylic acids is 1. The number of hydrogen-bond donors (Lipinski definition) is 1. The van der Waals surface area contributed by atoms with Crippen LogP contribution in [0.4, 0.5) is 29.1 Å². The largest absolute Gasteiger partial charge is 0.461 e. The Morgan fingerprint density at radius 2 is 2.00 bits per heavy atom. The summed E-state index contributed by atoms with van der Waals surface area (Å²) in [6, 6.07) is 2.80. The van der Waals surface area contributed by atoms with Crippen LogP contribution in [-0.2, 0) is 31.4 Å². The van der Waals surface area contributed by atoms with E-state index in [1.807, 2.05) is 11.6 Å². The molecule has 4 aliphatic heterocycles. The van der Waals surface area contributed by atoms with Crippen LogP contribution >= 0.6 is 11.8 Å². The molecule has 4 aliphatic rings. The number of fused-ring (bicyclic) bond motifs is 3. The van der Waals surface area contributed by atoms with Crippen LogP contribution in [0.25, 0.3) is 0 Å².